The van der Waals surface area contributed by atoms with Crippen molar-refractivity contribution in [3.63, 3.8) is 0 Å². The molecule has 0 spiro atoms. The number of benzene rings is 2. The molecule has 8 heteroatoms. The molecule has 126 valence electrons. The van der Waals surface area contributed by atoms with Crippen molar-refractivity contribution in [1.82, 2.24) is 0 Å². The highest BCUT2D eigenvalue weighted by Crippen LogP contribution is 2.35. The van der Waals surface area contributed by atoms with Gasteiger partial charge in [0.25, 0.3) is 5.69 Å². The Morgan fingerprint density at radius 2 is 1.88 bits per heavy atom. The lowest BCUT2D eigenvalue weighted by molar-refractivity contribution is -0.386. The highest BCUT2D eigenvalue weighted by molar-refractivity contribution is 8.13. The van der Waals surface area contributed by atoms with Crippen LogP contribution in [0.25, 0.3) is 0 Å². The number of hydrogen-bond acceptors (Lipinski definition) is 6. The van der Waals surface area contributed by atoms with Gasteiger partial charge >= 0.3 is 0 Å². The molecule has 0 aliphatic rings. The molecule has 2 rings (SSSR count). The van der Waals surface area contributed by atoms with Gasteiger partial charge in [0.05, 0.1) is 22.5 Å². The third kappa shape index (κ3) is 3.90. The normalized spacial score (nSPS) is 13.1. The van der Waals surface area contributed by atoms with Crippen molar-refractivity contribution in [3.8, 4) is 5.75 Å². The lowest BCUT2D eigenvalue weighted by Gasteiger charge is -2.15. The Bertz CT molecular complexity index is 755. The van der Waals surface area contributed by atoms with Crippen LogP contribution >= 0.6 is 11.8 Å². The van der Waals surface area contributed by atoms with Crippen LogP contribution in [0.2, 0.25) is 0 Å². The van der Waals surface area contributed by atoms with Crippen LogP contribution in [0.3, 0.4) is 0 Å². The van der Waals surface area contributed by atoms with Crippen molar-refractivity contribution in [1.29, 1.82) is 0 Å². The summed E-state index contributed by atoms with van der Waals surface area (Å²) < 4.78 is 19.4. The van der Waals surface area contributed by atoms with Crippen LogP contribution < -0.4 is 4.74 Å². The van der Waals surface area contributed by atoms with Crippen molar-refractivity contribution in [3.05, 3.63) is 64.2 Å². The molecule has 0 fully saturated rings. The molecule has 2 aromatic carbocycles. The molecular weight excluding hydrogens is 337 g/mol. The minimum Gasteiger partial charge on any atom is -0.496 e. The number of hydrogen-bond donors (Lipinski definition) is 1. The van der Waals surface area contributed by atoms with Crippen LogP contribution in [0.5, 0.6) is 5.75 Å². The minimum atomic E-state index is -2.32. The second-order valence-corrected chi connectivity index (χ2v) is 5.78. The Kier molecular flexibility index (Phi) is 5.88. The maximum absolute atomic E-state index is 14.4. The number of aliphatic hydroxyl groups excluding tert-OH is 1. The van der Waals surface area contributed by atoms with E-state index in [1.165, 1.54) is 25.3 Å². The highest BCUT2D eigenvalue weighted by atomic mass is 32.2. The van der Waals surface area contributed by atoms with Gasteiger partial charge in [-0.1, -0.05) is 24.3 Å². The first-order chi connectivity index (χ1) is 11.5. The van der Waals surface area contributed by atoms with E-state index in [0.29, 0.717) is 22.4 Å². The number of nitrogens with zero attached hydrogens (tertiary/aromatic N) is 1. The average Bonchev–Trinajstić information content (AvgIpc) is 2.60. The number of nitro benzene ring substituents is 1. The summed E-state index contributed by atoms with van der Waals surface area (Å²) in [6, 6.07) is 11.7. The van der Waals surface area contributed by atoms with Gasteiger partial charge < -0.3 is 9.84 Å². The van der Waals surface area contributed by atoms with E-state index in [1.54, 1.807) is 24.3 Å². The van der Waals surface area contributed by atoms with Crippen molar-refractivity contribution in [2.75, 3.05) is 7.11 Å². The maximum Gasteiger partial charge on any atom is 0.275 e. The Balaban J connectivity index is 2.20. The first kappa shape index (κ1) is 17.9. The van der Waals surface area contributed by atoms with Gasteiger partial charge in [0.2, 0.25) is 5.12 Å². The number of halogens is 1. The average molecular weight is 351 g/mol. The largest absolute Gasteiger partial charge is 0.496 e. The van der Waals surface area contributed by atoms with E-state index in [4.69, 9.17) is 4.74 Å². The summed E-state index contributed by atoms with van der Waals surface area (Å²) in [7, 11) is 1.42. The van der Waals surface area contributed by atoms with E-state index in [2.05, 4.69) is 0 Å². The summed E-state index contributed by atoms with van der Waals surface area (Å²) in [5.41, 5.74) is -0.688. The number of aliphatic hydroxyl groups is 1. The molecule has 0 saturated heterocycles. The fraction of sp³-hybridized carbons (Fsp3) is 0.188. The predicted molar refractivity (Wildman–Crippen MR) is 86.8 cm³/mol. The molecule has 0 unspecified atom stereocenters. The van der Waals surface area contributed by atoms with E-state index in [9.17, 15) is 24.4 Å². The molecule has 1 N–H and O–H groups in total. The summed E-state index contributed by atoms with van der Waals surface area (Å²) in [5.74, 6) is 0.392. The van der Waals surface area contributed by atoms with Crippen LogP contribution in [-0.2, 0) is 4.79 Å². The first-order valence-electron chi connectivity index (χ1n) is 6.86. The van der Waals surface area contributed by atoms with E-state index >= 15 is 0 Å². The number of methoxy groups -OCH3 is 1. The zero-order valence-electron chi connectivity index (χ0n) is 12.6. The topological polar surface area (TPSA) is 89.7 Å². The number of nitro groups is 1. The van der Waals surface area contributed by atoms with Gasteiger partial charge in [-0.25, -0.2) is 4.39 Å². The van der Waals surface area contributed by atoms with Crippen LogP contribution in [0.1, 0.15) is 11.7 Å². The quantitative estimate of drug-likeness (QED) is 0.488. The predicted octanol–water partition coefficient (Wildman–Crippen LogP) is 3.29. The SMILES string of the molecule is COc1ccccc1SC(=O)[C@@H](F)[C@@H](O)c1ccccc1[N+](=O)[O-]. The van der Waals surface area contributed by atoms with Gasteiger partial charge in [-0.15, -0.1) is 0 Å². The molecular formula is C16H14FNO5S. The molecule has 0 radical (unpaired) electrons. The van der Waals surface area contributed by atoms with Crippen LogP contribution in [0.4, 0.5) is 10.1 Å². The number of rotatable bonds is 6. The van der Waals surface area contributed by atoms with E-state index < -0.39 is 28.0 Å². The number of thioether (sulfide) groups is 1. The summed E-state index contributed by atoms with van der Waals surface area (Å²) in [6.45, 7) is 0. The summed E-state index contributed by atoms with van der Waals surface area (Å²) >= 11 is 0.571. The van der Waals surface area contributed by atoms with E-state index in [-0.39, 0.29) is 5.56 Å². The van der Waals surface area contributed by atoms with Gasteiger partial charge in [0.1, 0.15) is 11.9 Å². The number of carbonyl (C=O) groups excluding carboxylic acids is 1. The second kappa shape index (κ2) is 7.89. The first-order valence-corrected chi connectivity index (χ1v) is 7.67. The van der Waals surface area contributed by atoms with Gasteiger partial charge in [0, 0.05) is 6.07 Å². The molecule has 0 aromatic heterocycles. The smallest absolute Gasteiger partial charge is 0.275 e. The summed E-state index contributed by atoms with van der Waals surface area (Å²) in [5, 5.41) is 20.0. The third-order valence-corrected chi connectivity index (χ3v) is 4.22. The van der Waals surface area contributed by atoms with Crippen LogP contribution in [-0.4, -0.2) is 28.4 Å². The second-order valence-electron chi connectivity index (χ2n) is 4.73. The fourth-order valence-corrected chi connectivity index (χ4v) is 2.92. The Labute approximate surface area is 141 Å². The standard InChI is InChI=1S/C16H14FNO5S/c1-23-12-8-4-5-9-13(12)24-16(20)14(17)15(19)10-6-2-3-7-11(10)18(21)22/h2-9,14-15,19H,1H3/t14-,15-/m0/s1. The Morgan fingerprint density at radius 1 is 1.25 bits per heavy atom. The molecule has 24 heavy (non-hydrogen) atoms. The molecule has 2 atom stereocenters. The van der Waals surface area contributed by atoms with Crippen LogP contribution in [0.15, 0.2) is 53.4 Å². The molecule has 6 nitrogen and oxygen atoms in total. The van der Waals surface area contributed by atoms with Crippen molar-refractivity contribution < 1.29 is 24.0 Å². The van der Waals surface area contributed by atoms with Gasteiger partial charge in [-0.2, -0.15) is 0 Å². The van der Waals surface area contributed by atoms with Gasteiger partial charge in [-0.05, 0) is 30.0 Å². The van der Waals surface area contributed by atoms with E-state index in [0.717, 1.165) is 6.07 Å². The minimum absolute atomic E-state index is 0.246. The molecule has 2 aromatic rings. The Morgan fingerprint density at radius 3 is 2.54 bits per heavy atom. The van der Waals surface area contributed by atoms with Crippen LogP contribution in [0, 0.1) is 10.1 Å². The molecule has 0 heterocycles. The number of alkyl halides is 1. The number of ether oxygens (including phenoxy) is 1. The lowest BCUT2D eigenvalue weighted by atomic mass is 10.0. The number of carbonyl (C=O) groups is 1. The molecule has 0 saturated carbocycles. The maximum atomic E-state index is 14.4. The zero-order valence-corrected chi connectivity index (χ0v) is 13.4. The van der Waals surface area contributed by atoms with Gasteiger partial charge in [0.15, 0.2) is 6.17 Å². The van der Waals surface area contributed by atoms with Crippen molar-refractivity contribution >= 4 is 22.6 Å². The summed E-state index contributed by atoms with van der Waals surface area (Å²) in [6.07, 6.45) is -4.25. The Hall–Kier alpha value is -2.45. The van der Waals surface area contributed by atoms with E-state index in [1.807, 2.05) is 0 Å². The lowest BCUT2D eigenvalue weighted by Crippen LogP contribution is -2.22. The monoisotopic (exact) mass is 351 g/mol. The summed E-state index contributed by atoms with van der Waals surface area (Å²) in [4.78, 5) is 22.7. The highest BCUT2D eigenvalue weighted by Gasteiger charge is 2.33. The number of para-hydroxylation sites is 2. The molecule has 0 amide bonds. The molecule has 0 bridgehead atoms. The third-order valence-electron chi connectivity index (χ3n) is 3.23. The zero-order chi connectivity index (χ0) is 17.7. The van der Waals surface area contributed by atoms with Crippen molar-refractivity contribution in [2.24, 2.45) is 0 Å². The fourth-order valence-electron chi connectivity index (χ4n) is 2.06. The van der Waals surface area contributed by atoms with Crippen molar-refractivity contribution in [2.45, 2.75) is 17.2 Å². The molecule has 0 aliphatic heterocycles. The van der Waals surface area contributed by atoms with Gasteiger partial charge in [-0.3, -0.25) is 14.9 Å². The molecule has 0 aliphatic carbocycles.